The Morgan fingerprint density at radius 2 is 1.47 bits per heavy atom. The van der Waals surface area contributed by atoms with E-state index in [2.05, 4.69) is 31.9 Å². The van der Waals surface area contributed by atoms with Crippen LogP contribution in [0.25, 0.3) is 0 Å². The first-order valence-electron chi connectivity index (χ1n) is 4.58. The lowest BCUT2D eigenvalue weighted by atomic mass is 9.91. The van der Waals surface area contributed by atoms with Crippen LogP contribution in [0, 0.1) is 0 Å². The number of alkyl halides is 1. The number of phenolic OH excluding ortho intramolecular Hbond substituents is 2. The molecular formula is C11H6Br2O4. The molecule has 4 nitrogen and oxygen atoms in total. The molecule has 1 aromatic carbocycles. The van der Waals surface area contributed by atoms with E-state index in [9.17, 15) is 19.8 Å². The first-order chi connectivity index (χ1) is 7.99. The van der Waals surface area contributed by atoms with Crippen LogP contribution in [0.5, 0.6) is 11.5 Å². The van der Waals surface area contributed by atoms with Crippen LogP contribution in [0.2, 0.25) is 0 Å². The molecule has 0 aromatic heterocycles. The van der Waals surface area contributed by atoms with Gasteiger partial charge >= 0.3 is 0 Å². The highest BCUT2D eigenvalue weighted by Gasteiger charge is 2.30. The fraction of sp³-hybridized carbons (Fsp3) is 0.0909. The third-order valence-electron chi connectivity index (χ3n) is 2.49. The third-order valence-corrected chi connectivity index (χ3v) is 3.91. The summed E-state index contributed by atoms with van der Waals surface area (Å²) in [6.45, 7) is 0. The minimum Gasteiger partial charge on any atom is -0.507 e. The molecule has 0 amide bonds. The SMILES string of the molecule is O=C1C=CC(=O)c2c(O)c(CBr)c(Br)c(O)c21. The molecule has 0 heterocycles. The van der Waals surface area contributed by atoms with Gasteiger partial charge in [-0.3, -0.25) is 9.59 Å². The molecule has 6 heteroatoms. The average molecular weight is 362 g/mol. The van der Waals surface area contributed by atoms with Crippen LogP contribution >= 0.6 is 31.9 Å². The van der Waals surface area contributed by atoms with E-state index < -0.39 is 11.6 Å². The maximum atomic E-state index is 11.6. The van der Waals surface area contributed by atoms with Crippen molar-refractivity contribution in [2.45, 2.75) is 5.33 Å². The van der Waals surface area contributed by atoms with E-state index in [4.69, 9.17) is 0 Å². The van der Waals surface area contributed by atoms with Gasteiger partial charge in [0.05, 0.1) is 15.6 Å². The summed E-state index contributed by atoms with van der Waals surface area (Å²) < 4.78 is 0.210. The molecule has 17 heavy (non-hydrogen) atoms. The number of allylic oxidation sites excluding steroid dienone is 2. The van der Waals surface area contributed by atoms with E-state index in [1.807, 2.05) is 0 Å². The van der Waals surface area contributed by atoms with Crippen molar-refractivity contribution in [1.82, 2.24) is 0 Å². The summed E-state index contributed by atoms with van der Waals surface area (Å²) in [5.41, 5.74) is 0.0249. The molecule has 0 radical (unpaired) electrons. The van der Waals surface area contributed by atoms with E-state index in [0.29, 0.717) is 5.56 Å². The van der Waals surface area contributed by atoms with Crippen molar-refractivity contribution in [3.8, 4) is 11.5 Å². The summed E-state index contributed by atoms with van der Waals surface area (Å²) in [6.07, 6.45) is 2.15. The Morgan fingerprint density at radius 1 is 1.00 bits per heavy atom. The van der Waals surface area contributed by atoms with Gasteiger partial charge < -0.3 is 10.2 Å². The Morgan fingerprint density at radius 3 is 1.94 bits per heavy atom. The van der Waals surface area contributed by atoms with Gasteiger partial charge in [0.1, 0.15) is 11.5 Å². The number of benzene rings is 1. The lowest BCUT2D eigenvalue weighted by molar-refractivity contribution is 0.0989. The van der Waals surface area contributed by atoms with Gasteiger partial charge in [-0.05, 0) is 28.1 Å². The maximum Gasteiger partial charge on any atom is 0.190 e. The van der Waals surface area contributed by atoms with Crippen LogP contribution in [0.1, 0.15) is 26.3 Å². The number of phenols is 2. The largest absolute Gasteiger partial charge is 0.507 e. The zero-order valence-electron chi connectivity index (χ0n) is 8.33. The minimum absolute atomic E-state index is 0.146. The van der Waals surface area contributed by atoms with Crippen molar-refractivity contribution >= 4 is 43.4 Å². The van der Waals surface area contributed by atoms with Crippen LogP contribution < -0.4 is 0 Å². The maximum absolute atomic E-state index is 11.6. The topological polar surface area (TPSA) is 74.6 Å². The van der Waals surface area contributed by atoms with Gasteiger partial charge in [-0.25, -0.2) is 0 Å². The molecule has 0 bridgehead atoms. The number of carbonyl (C=O) groups is 2. The van der Waals surface area contributed by atoms with Crippen molar-refractivity contribution in [2.75, 3.05) is 0 Å². The Balaban J connectivity index is 2.91. The summed E-state index contributed by atoms with van der Waals surface area (Å²) in [6, 6.07) is 0. The highest BCUT2D eigenvalue weighted by atomic mass is 79.9. The first-order valence-corrected chi connectivity index (χ1v) is 6.49. The molecule has 2 N–H and O–H groups in total. The fourth-order valence-corrected chi connectivity index (χ4v) is 3.11. The number of fused-ring (bicyclic) bond motifs is 1. The van der Waals surface area contributed by atoms with Crippen molar-refractivity contribution in [1.29, 1.82) is 0 Å². The molecule has 0 fully saturated rings. The first kappa shape index (κ1) is 12.3. The van der Waals surface area contributed by atoms with Gasteiger partial charge in [0.15, 0.2) is 11.6 Å². The number of hydrogen-bond donors (Lipinski definition) is 2. The molecule has 0 saturated heterocycles. The van der Waals surface area contributed by atoms with Crippen LogP contribution in [0.3, 0.4) is 0 Å². The van der Waals surface area contributed by atoms with Crippen molar-refractivity contribution in [3.63, 3.8) is 0 Å². The molecule has 88 valence electrons. The van der Waals surface area contributed by atoms with E-state index >= 15 is 0 Å². The summed E-state index contributed by atoms with van der Waals surface area (Å²) >= 11 is 6.23. The van der Waals surface area contributed by atoms with E-state index in [1.54, 1.807) is 0 Å². The van der Waals surface area contributed by atoms with Gasteiger partial charge in [0.2, 0.25) is 0 Å². The lowest BCUT2D eigenvalue weighted by Crippen LogP contribution is -2.13. The van der Waals surface area contributed by atoms with Gasteiger partial charge in [0.25, 0.3) is 0 Å². The summed E-state index contributed by atoms with van der Waals surface area (Å²) in [7, 11) is 0. The number of aromatic hydroxyl groups is 2. The number of halogens is 2. The average Bonchev–Trinajstić information content (AvgIpc) is 2.30. The molecule has 0 atom stereocenters. The molecule has 0 spiro atoms. The second-order valence-electron chi connectivity index (χ2n) is 3.44. The predicted octanol–water partition coefficient (Wildman–Crippen LogP) is 2.69. The molecule has 0 unspecified atom stereocenters. The van der Waals surface area contributed by atoms with Gasteiger partial charge in [0, 0.05) is 10.9 Å². The summed E-state index contributed by atoms with van der Waals surface area (Å²) in [5.74, 6) is -1.62. The van der Waals surface area contributed by atoms with E-state index in [0.717, 1.165) is 12.2 Å². The Hall–Kier alpha value is -1.14. The van der Waals surface area contributed by atoms with Gasteiger partial charge in [-0.2, -0.15) is 0 Å². The van der Waals surface area contributed by atoms with E-state index in [-0.39, 0.29) is 32.4 Å². The second-order valence-corrected chi connectivity index (χ2v) is 4.79. The van der Waals surface area contributed by atoms with Gasteiger partial charge in [-0.1, -0.05) is 15.9 Å². The minimum atomic E-state index is -0.505. The smallest absolute Gasteiger partial charge is 0.190 e. The summed E-state index contributed by atoms with van der Waals surface area (Å²) in [4.78, 5) is 23.3. The van der Waals surface area contributed by atoms with Crippen LogP contribution in [-0.2, 0) is 5.33 Å². The molecular weight excluding hydrogens is 356 g/mol. The Kier molecular flexibility index (Phi) is 3.09. The van der Waals surface area contributed by atoms with Crippen LogP contribution in [0.15, 0.2) is 16.6 Å². The number of rotatable bonds is 1. The third kappa shape index (κ3) is 1.71. The molecule has 0 saturated carbocycles. The van der Waals surface area contributed by atoms with Crippen LogP contribution in [0.4, 0.5) is 0 Å². The van der Waals surface area contributed by atoms with E-state index in [1.165, 1.54) is 0 Å². The fourth-order valence-electron chi connectivity index (χ4n) is 1.66. The zero-order chi connectivity index (χ0) is 12.7. The highest BCUT2D eigenvalue weighted by Crippen LogP contribution is 2.43. The van der Waals surface area contributed by atoms with Gasteiger partial charge in [-0.15, -0.1) is 0 Å². The standard InChI is InChI=1S/C11H6Br2O4/c12-3-4-9(13)11(17)8-6(15)2-1-5(14)7(8)10(4)16/h1-2,16-17H,3H2. The van der Waals surface area contributed by atoms with Crippen molar-refractivity contribution in [3.05, 3.63) is 33.3 Å². The Labute approximate surface area is 113 Å². The number of carbonyl (C=O) groups excluding carboxylic acids is 2. The van der Waals surface area contributed by atoms with Crippen molar-refractivity contribution in [2.24, 2.45) is 0 Å². The normalized spacial score (nSPS) is 14.0. The highest BCUT2D eigenvalue weighted by molar-refractivity contribution is 9.11. The quantitative estimate of drug-likeness (QED) is 0.595. The Bertz CT molecular complexity index is 576. The molecule has 2 rings (SSSR count). The van der Waals surface area contributed by atoms with Crippen molar-refractivity contribution < 1.29 is 19.8 Å². The molecule has 1 aliphatic rings. The number of ketones is 2. The zero-order valence-corrected chi connectivity index (χ0v) is 11.5. The van der Waals surface area contributed by atoms with Crippen LogP contribution in [-0.4, -0.2) is 21.8 Å². The second kappa shape index (κ2) is 4.27. The predicted molar refractivity (Wildman–Crippen MR) is 67.9 cm³/mol. The molecule has 1 aromatic rings. The summed E-state index contributed by atoms with van der Waals surface area (Å²) in [5, 5.41) is 20.1. The monoisotopic (exact) mass is 360 g/mol. The molecule has 1 aliphatic carbocycles. The number of hydrogen-bond acceptors (Lipinski definition) is 4. The lowest BCUT2D eigenvalue weighted by Gasteiger charge is -2.17. The molecule has 0 aliphatic heterocycles.